The van der Waals surface area contributed by atoms with Crippen LogP contribution in [0.5, 0.6) is 0 Å². The smallest absolute Gasteiger partial charge is 0.0809 e. The van der Waals surface area contributed by atoms with Crippen LogP contribution >= 0.6 is 0 Å². The largest absolute Gasteiger partial charge is 0.371 e. The maximum Gasteiger partial charge on any atom is 0.0809 e. The molecule has 2 nitrogen and oxygen atoms in total. The SMILES string of the molecule is CNCC1(OC(C)CC(C)C)CCCC1. The van der Waals surface area contributed by atoms with Crippen LogP contribution in [0, 0.1) is 5.92 Å². The second-order valence-electron chi connectivity index (χ2n) is 5.48. The van der Waals surface area contributed by atoms with Crippen molar-refractivity contribution >= 4 is 0 Å². The van der Waals surface area contributed by atoms with Gasteiger partial charge in [0.25, 0.3) is 0 Å². The highest BCUT2D eigenvalue weighted by Crippen LogP contribution is 2.34. The highest BCUT2D eigenvalue weighted by Gasteiger charge is 2.35. The first-order valence-electron chi connectivity index (χ1n) is 6.40. The van der Waals surface area contributed by atoms with E-state index in [-0.39, 0.29) is 5.60 Å². The van der Waals surface area contributed by atoms with Crippen molar-refractivity contribution in [1.82, 2.24) is 5.32 Å². The zero-order valence-corrected chi connectivity index (χ0v) is 10.8. The number of hydrogen-bond acceptors (Lipinski definition) is 2. The lowest BCUT2D eigenvalue weighted by Gasteiger charge is -2.33. The van der Waals surface area contributed by atoms with Gasteiger partial charge in [-0.3, -0.25) is 0 Å². The molecule has 1 atom stereocenters. The van der Waals surface area contributed by atoms with Crippen LogP contribution in [0.4, 0.5) is 0 Å². The van der Waals surface area contributed by atoms with Crippen molar-refractivity contribution in [1.29, 1.82) is 0 Å². The monoisotopic (exact) mass is 213 g/mol. The van der Waals surface area contributed by atoms with Gasteiger partial charge >= 0.3 is 0 Å². The molecule has 0 aromatic carbocycles. The van der Waals surface area contributed by atoms with Crippen LogP contribution in [0.3, 0.4) is 0 Å². The lowest BCUT2D eigenvalue weighted by Crippen LogP contribution is -2.42. The van der Waals surface area contributed by atoms with Gasteiger partial charge in [0.05, 0.1) is 11.7 Å². The molecular formula is C13H27NO. The third-order valence-corrected chi connectivity index (χ3v) is 3.27. The Morgan fingerprint density at radius 3 is 2.27 bits per heavy atom. The van der Waals surface area contributed by atoms with Crippen LogP contribution in [0.25, 0.3) is 0 Å². The van der Waals surface area contributed by atoms with E-state index in [1.54, 1.807) is 0 Å². The Labute approximate surface area is 94.8 Å². The summed E-state index contributed by atoms with van der Waals surface area (Å²) in [7, 11) is 2.02. The molecule has 0 aromatic rings. The normalized spacial score (nSPS) is 22.2. The first kappa shape index (κ1) is 13.0. The summed E-state index contributed by atoms with van der Waals surface area (Å²) < 4.78 is 6.29. The Hall–Kier alpha value is -0.0800. The van der Waals surface area contributed by atoms with E-state index in [0.29, 0.717) is 6.10 Å². The van der Waals surface area contributed by atoms with Crippen molar-refractivity contribution in [2.24, 2.45) is 5.92 Å². The average molecular weight is 213 g/mol. The third-order valence-electron chi connectivity index (χ3n) is 3.27. The lowest BCUT2D eigenvalue weighted by molar-refractivity contribution is -0.0866. The van der Waals surface area contributed by atoms with E-state index in [0.717, 1.165) is 12.5 Å². The number of ether oxygens (including phenoxy) is 1. The highest BCUT2D eigenvalue weighted by atomic mass is 16.5. The summed E-state index contributed by atoms with van der Waals surface area (Å²) in [6.45, 7) is 7.75. The van der Waals surface area contributed by atoms with Gasteiger partial charge in [0, 0.05) is 6.54 Å². The van der Waals surface area contributed by atoms with Crippen molar-refractivity contribution < 1.29 is 4.74 Å². The maximum absolute atomic E-state index is 6.29. The Bertz CT molecular complexity index is 173. The zero-order valence-electron chi connectivity index (χ0n) is 10.8. The van der Waals surface area contributed by atoms with Gasteiger partial charge in [0.1, 0.15) is 0 Å². The fraction of sp³-hybridized carbons (Fsp3) is 1.00. The maximum atomic E-state index is 6.29. The van der Waals surface area contributed by atoms with E-state index in [4.69, 9.17) is 4.74 Å². The van der Waals surface area contributed by atoms with Crippen LogP contribution in [0.2, 0.25) is 0 Å². The summed E-state index contributed by atoms with van der Waals surface area (Å²) in [5.41, 5.74) is 0.142. The molecule has 15 heavy (non-hydrogen) atoms. The number of likely N-dealkylation sites (N-methyl/N-ethyl adjacent to an activating group) is 1. The molecule has 0 aromatic heterocycles. The summed E-state index contributed by atoms with van der Waals surface area (Å²) in [4.78, 5) is 0. The molecule has 0 amide bonds. The van der Waals surface area contributed by atoms with E-state index >= 15 is 0 Å². The average Bonchev–Trinajstić information content (AvgIpc) is 2.51. The molecule has 1 aliphatic rings. The molecular weight excluding hydrogens is 186 g/mol. The van der Waals surface area contributed by atoms with Crippen LogP contribution in [0.15, 0.2) is 0 Å². The van der Waals surface area contributed by atoms with Crippen molar-refractivity contribution in [3.8, 4) is 0 Å². The predicted molar refractivity (Wildman–Crippen MR) is 65.1 cm³/mol. The highest BCUT2D eigenvalue weighted by molar-refractivity contribution is 4.89. The van der Waals surface area contributed by atoms with Crippen LogP contribution in [-0.4, -0.2) is 25.3 Å². The Kier molecular flexibility index (Phi) is 5.07. The second kappa shape index (κ2) is 5.86. The molecule has 1 saturated carbocycles. The molecule has 1 unspecified atom stereocenters. The molecule has 0 bridgehead atoms. The number of hydrogen-bond donors (Lipinski definition) is 1. The summed E-state index contributed by atoms with van der Waals surface area (Å²) in [5, 5.41) is 3.28. The van der Waals surface area contributed by atoms with E-state index in [2.05, 4.69) is 26.1 Å². The predicted octanol–water partition coefficient (Wildman–Crippen LogP) is 2.97. The van der Waals surface area contributed by atoms with Gasteiger partial charge in [-0.2, -0.15) is 0 Å². The minimum atomic E-state index is 0.142. The van der Waals surface area contributed by atoms with Crippen molar-refractivity contribution in [2.75, 3.05) is 13.6 Å². The molecule has 0 heterocycles. The first-order valence-corrected chi connectivity index (χ1v) is 6.40. The fourth-order valence-corrected chi connectivity index (χ4v) is 2.82. The molecule has 0 spiro atoms. The van der Waals surface area contributed by atoms with Crippen LogP contribution in [-0.2, 0) is 4.74 Å². The summed E-state index contributed by atoms with van der Waals surface area (Å²) in [6, 6.07) is 0. The van der Waals surface area contributed by atoms with Gasteiger partial charge < -0.3 is 10.1 Å². The Balaban J connectivity index is 2.43. The number of nitrogens with one attached hydrogen (secondary N) is 1. The lowest BCUT2D eigenvalue weighted by atomic mass is 10.0. The molecule has 90 valence electrons. The Morgan fingerprint density at radius 2 is 1.80 bits per heavy atom. The fourth-order valence-electron chi connectivity index (χ4n) is 2.82. The quantitative estimate of drug-likeness (QED) is 0.732. The standard InChI is InChI=1S/C13H27NO/c1-11(2)9-12(3)15-13(10-14-4)7-5-6-8-13/h11-12,14H,5-10H2,1-4H3. The van der Waals surface area contributed by atoms with Gasteiger partial charge in [-0.1, -0.05) is 26.7 Å². The van der Waals surface area contributed by atoms with Crippen LogP contribution < -0.4 is 5.32 Å². The topological polar surface area (TPSA) is 21.3 Å². The van der Waals surface area contributed by atoms with Gasteiger partial charge in [-0.05, 0) is 39.2 Å². The third kappa shape index (κ3) is 4.12. The van der Waals surface area contributed by atoms with Crippen LogP contribution in [0.1, 0.15) is 52.9 Å². The summed E-state index contributed by atoms with van der Waals surface area (Å²) in [5.74, 6) is 0.730. The minimum Gasteiger partial charge on any atom is -0.371 e. The van der Waals surface area contributed by atoms with Gasteiger partial charge in [-0.25, -0.2) is 0 Å². The molecule has 1 N–H and O–H groups in total. The molecule has 1 fully saturated rings. The van der Waals surface area contributed by atoms with Crippen molar-refractivity contribution in [2.45, 2.75) is 64.6 Å². The molecule has 2 heteroatoms. The first-order chi connectivity index (χ1) is 7.08. The zero-order chi connectivity index (χ0) is 11.3. The molecule has 1 rings (SSSR count). The van der Waals surface area contributed by atoms with Gasteiger partial charge in [0.2, 0.25) is 0 Å². The van der Waals surface area contributed by atoms with Gasteiger partial charge in [0.15, 0.2) is 0 Å². The second-order valence-corrected chi connectivity index (χ2v) is 5.48. The molecule has 1 aliphatic carbocycles. The van der Waals surface area contributed by atoms with Crippen molar-refractivity contribution in [3.63, 3.8) is 0 Å². The van der Waals surface area contributed by atoms with E-state index < -0.39 is 0 Å². The van der Waals surface area contributed by atoms with E-state index in [1.165, 1.54) is 32.1 Å². The molecule has 0 radical (unpaired) electrons. The van der Waals surface area contributed by atoms with E-state index in [1.807, 2.05) is 7.05 Å². The summed E-state index contributed by atoms with van der Waals surface area (Å²) >= 11 is 0. The Morgan fingerprint density at radius 1 is 1.20 bits per heavy atom. The van der Waals surface area contributed by atoms with E-state index in [9.17, 15) is 0 Å². The molecule has 0 aliphatic heterocycles. The van der Waals surface area contributed by atoms with Crippen molar-refractivity contribution in [3.05, 3.63) is 0 Å². The minimum absolute atomic E-state index is 0.142. The van der Waals surface area contributed by atoms with Gasteiger partial charge in [-0.15, -0.1) is 0 Å². The summed E-state index contributed by atoms with van der Waals surface area (Å²) in [6.07, 6.45) is 6.70. The molecule has 0 saturated heterocycles. The number of rotatable bonds is 6.